The maximum absolute atomic E-state index is 4.78. The highest BCUT2D eigenvalue weighted by atomic mass is 15.2. The van der Waals surface area contributed by atoms with Crippen molar-refractivity contribution in [1.29, 1.82) is 0 Å². The summed E-state index contributed by atoms with van der Waals surface area (Å²) in [5.41, 5.74) is 1.16. The number of nitrogens with zero attached hydrogens (tertiary/aromatic N) is 3. The van der Waals surface area contributed by atoms with Crippen molar-refractivity contribution in [3.8, 4) is 0 Å². The Morgan fingerprint density at radius 1 is 1.25 bits per heavy atom. The van der Waals surface area contributed by atoms with Crippen molar-refractivity contribution >= 4 is 11.6 Å². The second kappa shape index (κ2) is 6.42. The number of aromatic nitrogens is 2. The van der Waals surface area contributed by atoms with Gasteiger partial charge in [-0.2, -0.15) is 0 Å². The number of nitrogens with one attached hydrogen (secondary N) is 1. The molecular weight excluding hydrogens is 248 g/mol. The van der Waals surface area contributed by atoms with Crippen LogP contribution in [0.4, 0.5) is 11.6 Å². The zero-order chi connectivity index (χ0) is 14.7. The van der Waals surface area contributed by atoms with E-state index >= 15 is 0 Å². The van der Waals surface area contributed by atoms with Crippen LogP contribution < -0.4 is 10.2 Å². The molecule has 4 nitrogen and oxygen atoms in total. The molecule has 2 atom stereocenters. The summed E-state index contributed by atoms with van der Waals surface area (Å²) in [6.07, 6.45) is 6.19. The predicted octanol–water partition coefficient (Wildman–Crippen LogP) is 3.40. The quantitative estimate of drug-likeness (QED) is 0.915. The maximum atomic E-state index is 4.78. The van der Waals surface area contributed by atoms with Crippen LogP contribution in [0, 0.1) is 12.8 Å². The van der Waals surface area contributed by atoms with E-state index in [0.29, 0.717) is 6.04 Å². The molecule has 0 bridgehead atoms. The molecule has 0 aromatic carbocycles. The molecule has 1 aliphatic carbocycles. The Bertz CT molecular complexity index is 458. The van der Waals surface area contributed by atoms with Crippen LogP contribution in [-0.2, 0) is 6.42 Å². The van der Waals surface area contributed by atoms with Crippen molar-refractivity contribution in [3.63, 3.8) is 0 Å². The molecule has 1 aliphatic rings. The topological polar surface area (TPSA) is 41.1 Å². The molecule has 4 heteroatoms. The number of anilines is 2. The standard InChI is InChI=1S/C16H28N4/c1-6-14-18-15(17-4)12(3)16(19-14)20(5)13-10-8-7-9-11(13)2/h11,13H,6-10H2,1-5H3,(H,17,18,19). The molecule has 112 valence electrons. The van der Waals surface area contributed by atoms with Crippen LogP contribution in [0.5, 0.6) is 0 Å². The molecule has 20 heavy (non-hydrogen) atoms. The lowest BCUT2D eigenvalue weighted by Gasteiger charge is -2.37. The van der Waals surface area contributed by atoms with Gasteiger partial charge < -0.3 is 10.2 Å². The van der Waals surface area contributed by atoms with Crippen LogP contribution in [0.15, 0.2) is 0 Å². The normalized spacial score (nSPS) is 22.6. The molecule has 1 aromatic heterocycles. The smallest absolute Gasteiger partial charge is 0.137 e. The summed E-state index contributed by atoms with van der Waals surface area (Å²) in [6, 6.07) is 0.603. The van der Waals surface area contributed by atoms with Gasteiger partial charge in [-0.25, -0.2) is 9.97 Å². The molecule has 1 aromatic rings. The van der Waals surface area contributed by atoms with Crippen molar-refractivity contribution in [3.05, 3.63) is 11.4 Å². The Morgan fingerprint density at radius 2 is 1.95 bits per heavy atom. The van der Waals surface area contributed by atoms with Gasteiger partial charge >= 0.3 is 0 Å². The third-order valence-electron chi connectivity index (χ3n) is 4.62. The monoisotopic (exact) mass is 276 g/mol. The van der Waals surface area contributed by atoms with E-state index in [1.165, 1.54) is 25.7 Å². The molecular formula is C16H28N4. The molecule has 1 saturated carbocycles. The maximum Gasteiger partial charge on any atom is 0.137 e. The van der Waals surface area contributed by atoms with E-state index in [9.17, 15) is 0 Å². The van der Waals surface area contributed by atoms with Crippen molar-refractivity contribution < 1.29 is 0 Å². The predicted molar refractivity (Wildman–Crippen MR) is 85.5 cm³/mol. The molecule has 0 spiro atoms. The van der Waals surface area contributed by atoms with Crippen LogP contribution in [-0.4, -0.2) is 30.1 Å². The molecule has 2 unspecified atom stereocenters. The zero-order valence-electron chi connectivity index (χ0n) is 13.5. The van der Waals surface area contributed by atoms with E-state index in [1.54, 1.807) is 0 Å². The van der Waals surface area contributed by atoms with Gasteiger partial charge in [0.15, 0.2) is 0 Å². The first kappa shape index (κ1) is 15.1. The SMILES string of the molecule is CCc1nc(NC)c(C)c(N(C)C2CCCCC2C)n1. The fraction of sp³-hybridized carbons (Fsp3) is 0.750. The number of hydrogen-bond acceptors (Lipinski definition) is 4. The van der Waals surface area contributed by atoms with Gasteiger partial charge in [0, 0.05) is 32.1 Å². The van der Waals surface area contributed by atoms with Gasteiger partial charge in [-0.1, -0.05) is 26.7 Å². The molecule has 2 rings (SSSR count). The Kier molecular flexibility index (Phi) is 4.84. The van der Waals surface area contributed by atoms with E-state index in [1.807, 2.05) is 7.05 Å². The minimum atomic E-state index is 0.603. The van der Waals surface area contributed by atoms with Gasteiger partial charge in [0.1, 0.15) is 17.5 Å². The minimum absolute atomic E-state index is 0.603. The molecule has 1 N–H and O–H groups in total. The third-order valence-corrected chi connectivity index (χ3v) is 4.62. The molecule has 0 radical (unpaired) electrons. The lowest BCUT2D eigenvalue weighted by molar-refractivity contribution is 0.320. The fourth-order valence-corrected chi connectivity index (χ4v) is 3.32. The summed E-state index contributed by atoms with van der Waals surface area (Å²) in [5, 5.41) is 3.20. The van der Waals surface area contributed by atoms with E-state index in [4.69, 9.17) is 4.98 Å². The lowest BCUT2D eigenvalue weighted by Crippen LogP contribution is -2.40. The number of rotatable bonds is 4. The van der Waals surface area contributed by atoms with Crippen LogP contribution in [0.1, 0.15) is 50.9 Å². The summed E-state index contributed by atoms with van der Waals surface area (Å²) in [5.74, 6) is 3.72. The van der Waals surface area contributed by atoms with Gasteiger partial charge in [-0.05, 0) is 25.7 Å². The first-order valence-corrected chi connectivity index (χ1v) is 7.86. The number of aryl methyl sites for hydroxylation is 1. The molecule has 0 saturated heterocycles. The van der Waals surface area contributed by atoms with Gasteiger partial charge in [0.2, 0.25) is 0 Å². The van der Waals surface area contributed by atoms with E-state index in [-0.39, 0.29) is 0 Å². The summed E-state index contributed by atoms with van der Waals surface area (Å²) < 4.78 is 0. The van der Waals surface area contributed by atoms with E-state index < -0.39 is 0 Å². The molecule has 0 amide bonds. The van der Waals surface area contributed by atoms with Gasteiger partial charge in [-0.3, -0.25) is 0 Å². The second-order valence-electron chi connectivity index (χ2n) is 5.98. The average molecular weight is 276 g/mol. The fourth-order valence-electron chi connectivity index (χ4n) is 3.32. The largest absolute Gasteiger partial charge is 0.373 e. The van der Waals surface area contributed by atoms with Crippen molar-refractivity contribution in [2.45, 2.75) is 58.9 Å². The second-order valence-corrected chi connectivity index (χ2v) is 5.98. The number of hydrogen-bond donors (Lipinski definition) is 1. The van der Waals surface area contributed by atoms with Crippen molar-refractivity contribution in [1.82, 2.24) is 9.97 Å². The Labute approximate surface area is 123 Å². The summed E-state index contributed by atoms with van der Waals surface area (Å²) >= 11 is 0. The van der Waals surface area contributed by atoms with Crippen LogP contribution in [0.3, 0.4) is 0 Å². The molecule has 1 heterocycles. The van der Waals surface area contributed by atoms with E-state index in [2.05, 4.69) is 43.0 Å². The Balaban J connectivity index is 2.34. The minimum Gasteiger partial charge on any atom is -0.373 e. The summed E-state index contributed by atoms with van der Waals surface area (Å²) in [7, 11) is 4.13. The van der Waals surface area contributed by atoms with Gasteiger partial charge in [-0.15, -0.1) is 0 Å². The molecule has 1 fully saturated rings. The lowest BCUT2D eigenvalue weighted by atomic mass is 9.85. The van der Waals surface area contributed by atoms with Gasteiger partial charge in [0.05, 0.1) is 0 Å². The van der Waals surface area contributed by atoms with Crippen LogP contribution in [0.25, 0.3) is 0 Å². The molecule has 0 aliphatic heterocycles. The first-order chi connectivity index (χ1) is 9.58. The van der Waals surface area contributed by atoms with Crippen molar-refractivity contribution in [2.24, 2.45) is 5.92 Å². The zero-order valence-corrected chi connectivity index (χ0v) is 13.5. The highest BCUT2D eigenvalue weighted by molar-refractivity contribution is 5.58. The van der Waals surface area contributed by atoms with E-state index in [0.717, 1.165) is 35.4 Å². The summed E-state index contributed by atoms with van der Waals surface area (Å²) in [6.45, 7) is 6.60. The van der Waals surface area contributed by atoms with Crippen LogP contribution in [0.2, 0.25) is 0 Å². The average Bonchev–Trinajstić information content (AvgIpc) is 2.47. The Hall–Kier alpha value is -1.32. The van der Waals surface area contributed by atoms with Gasteiger partial charge in [0.25, 0.3) is 0 Å². The highest BCUT2D eigenvalue weighted by Crippen LogP contribution is 2.32. The van der Waals surface area contributed by atoms with Crippen molar-refractivity contribution in [2.75, 3.05) is 24.3 Å². The summed E-state index contributed by atoms with van der Waals surface area (Å²) in [4.78, 5) is 11.7. The first-order valence-electron chi connectivity index (χ1n) is 7.86. The Morgan fingerprint density at radius 3 is 2.55 bits per heavy atom. The third kappa shape index (κ3) is 2.89. The highest BCUT2D eigenvalue weighted by Gasteiger charge is 2.27. The van der Waals surface area contributed by atoms with Crippen LogP contribution >= 0.6 is 0 Å².